The molecule has 3 heteroatoms. The van der Waals surface area contributed by atoms with Gasteiger partial charge in [0.25, 0.3) is 0 Å². The van der Waals surface area contributed by atoms with Crippen LogP contribution in [0, 0.1) is 17.8 Å². The van der Waals surface area contributed by atoms with Crippen LogP contribution in [0.4, 0.5) is 0 Å². The summed E-state index contributed by atoms with van der Waals surface area (Å²) in [6.45, 7) is 2.11. The van der Waals surface area contributed by atoms with Crippen LogP contribution in [0.1, 0.15) is 58.3 Å². The maximum absolute atomic E-state index is 12.3. The van der Waals surface area contributed by atoms with E-state index in [1.165, 1.54) is 6.42 Å². The number of Topliss-reactive ketones (excluding diaryl/α,β-unsaturated/α-hetero) is 1. The molecule has 2 bridgehead atoms. The number of hydrogen-bond acceptors (Lipinski definition) is 3. The van der Waals surface area contributed by atoms with E-state index in [1.807, 2.05) is 12.2 Å². The first-order valence-electron chi connectivity index (χ1n) is 8.07. The predicted octanol–water partition coefficient (Wildman–Crippen LogP) is 3.42. The van der Waals surface area contributed by atoms with E-state index in [2.05, 4.69) is 6.92 Å². The van der Waals surface area contributed by atoms with E-state index in [1.54, 1.807) is 0 Å². The van der Waals surface area contributed by atoms with Crippen molar-refractivity contribution in [3.05, 3.63) is 12.2 Å². The number of fused-ring (bicyclic) bond motifs is 2. The van der Waals surface area contributed by atoms with Gasteiger partial charge >= 0.3 is 5.97 Å². The van der Waals surface area contributed by atoms with E-state index in [0.717, 1.165) is 38.5 Å². The summed E-state index contributed by atoms with van der Waals surface area (Å²) in [6.07, 6.45) is 11.8. The number of rotatable bonds is 4. The van der Waals surface area contributed by atoms with Crippen LogP contribution in [0.25, 0.3) is 0 Å². The van der Waals surface area contributed by atoms with Crippen molar-refractivity contribution in [2.75, 3.05) is 0 Å². The zero-order chi connectivity index (χ0) is 14.2. The van der Waals surface area contributed by atoms with Crippen molar-refractivity contribution in [1.29, 1.82) is 0 Å². The third-order valence-electron chi connectivity index (χ3n) is 5.48. The highest BCUT2D eigenvalue weighted by atomic mass is 16.6. The Balaban J connectivity index is 1.57. The predicted molar refractivity (Wildman–Crippen MR) is 76.1 cm³/mol. The van der Waals surface area contributed by atoms with Crippen LogP contribution in [0.2, 0.25) is 0 Å². The molecule has 0 saturated heterocycles. The summed E-state index contributed by atoms with van der Waals surface area (Å²) in [6, 6.07) is 0. The van der Waals surface area contributed by atoms with E-state index in [0.29, 0.717) is 12.2 Å². The molecular weight excluding hydrogens is 252 g/mol. The quantitative estimate of drug-likeness (QED) is 0.583. The van der Waals surface area contributed by atoms with Gasteiger partial charge in [-0.1, -0.05) is 25.5 Å². The van der Waals surface area contributed by atoms with Crippen molar-refractivity contribution in [1.82, 2.24) is 0 Å². The molecule has 0 amide bonds. The molecule has 0 N–H and O–H groups in total. The molecule has 0 aromatic rings. The Bertz CT molecular complexity index is 432. The standard InChI is InChI=1S/C17H24O3/c1-2-17(8-4-3-5-9-17)20-15(18)11-13-10-12-6-7-14(13)16(12)19/h6-7,12-14H,2-5,8-11H2,1H3. The maximum Gasteiger partial charge on any atom is 0.306 e. The SMILES string of the molecule is CCC1(OC(=O)CC2CC3C=CC2C3=O)CCCCC1. The minimum absolute atomic E-state index is 0.0171. The molecule has 0 aliphatic heterocycles. The van der Waals surface area contributed by atoms with E-state index in [-0.39, 0.29) is 29.3 Å². The molecule has 0 radical (unpaired) electrons. The first-order valence-corrected chi connectivity index (χ1v) is 8.07. The largest absolute Gasteiger partial charge is 0.459 e. The van der Waals surface area contributed by atoms with E-state index in [4.69, 9.17) is 4.74 Å². The smallest absolute Gasteiger partial charge is 0.306 e. The molecule has 3 nitrogen and oxygen atoms in total. The zero-order valence-corrected chi connectivity index (χ0v) is 12.3. The van der Waals surface area contributed by atoms with Gasteiger partial charge in [-0.05, 0) is 44.4 Å². The van der Waals surface area contributed by atoms with Crippen molar-refractivity contribution in [2.24, 2.45) is 17.8 Å². The lowest BCUT2D eigenvalue weighted by molar-refractivity contribution is -0.165. The second-order valence-corrected chi connectivity index (χ2v) is 6.69. The summed E-state index contributed by atoms with van der Waals surface area (Å²) in [5, 5.41) is 0. The molecule has 0 aromatic carbocycles. The van der Waals surface area contributed by atoms with Gasteiger partial charge in [-0.2, -0.15) is 0 Å². The molecule has 110 valence electrons. The van der Waals surface area contributed by atoms with E-state index in [9.17, 15) is 9.59 Å². The van der Waals surface area contributed by atoms with Crippen LogP contribution < -0.4 is 0 Å². The fourth-order valence-electron chi connectivity index (χ4n) is 4.18. The average molecular weight is 276 g/mol. The van der Waals surface area contributed by atoms with Gasteiger partial charge in [0.15, 0.2) is 0 Å². The van der Waals surface area contributed by atoms with Crippen molar-refractivity contribution in [3.8, 4) is 0 Å². The lowest BCUT2D eigenvalue weighted by Gasteiger charge is -2.36. The highest BCUT2D eigenvalue weighted by Crippen LogP contribution is 2.43. The Kier molecular flexibility index (Phi) is 3.70. The summed E-state index contributed by atoms with van der Waals surface area (Å²) in [4.78, 5) is 24.1. The normalized spacial score (nSPS) is 34.5. The van der Waals surface area contributed by atoms with Gasteiger partial charge in [0.1, 0.15) is 11.4 Å². The van der Waals surface area contributed by atoms with Gasteiger partial charge < -0.3 is 4.74 Å². The highest BCUT2D eigenvalue weighted by Gasteiger charge is 2.45. The van der Waals surface area contributed by atoms with Crippen molar-refractivity contribution >= 4 is 11.8 Å². The molecule has 3 atom stereocenters. The Morgan fingerprint density at radius 2 is 2.05 bits per heavy atom. The second-order valence-electron chi connectivity index (χ2n) is 6.69. The zero-order valence-electron chi connectivity index (χ0n) is 12.3. The van der Waals surface area contributed by atoms with Gasteiger partial charge in [-0.15, -0.1) is 0 Å². The number of ketones is 1. The van der Waals surface area contributed by atoms with Crippen molar-refractivity contribution < 1.29 is 14.3 Å². The van der Waals surface area contributed by atoms with E-state index >= 15 is 0 Å². The Morgan fingerprint density at radius 3 is 2.60 bits per heavy atom. The fraction of sp³-hybridized carbons (Fsp3) is 0.765. The number of allylic oxidation sites excluding steroid dienone is 2. The van der Waals surface area contributed by atoms with Crippen LogP contribution >= 0.6 is 0 Å². The second kappa shape index (κ2) is 5.34. The average Bonchev–Trinajstić information content (AvgIpc) is 2.94. The van der Waals surface area contributed by atoms with E-state index < -0.39 is 0 Å². The molecule has 0 spiro atoms. The number of ether oxygens (including phenoxy) is 1. The minimum Gasteiger partial charge on any atom is -0.459 e. The first-order chi connectivity index (χ1) is 9.63. The van der Waals surface area contributed by atoms with Crippen LogP contribution in [-0.2, 0) is 14.3 Å². The Hall–Kier alpha value is -1.12. The number of esters is 1. The first kappa shape index (κ1) is 13.8. The van der Waals surface area contributed by atoms with Crippen LogP contribution in [0.3, 0.4) is 0 Å². The molecule has 0 aromatic heterocycles. The lowest BCUT2D eigenvalue weighted by Crippen LogP contribution is -2.37. The fourth-order valence-corrected chi connectivity index (χ4v) is 4.18. The molecule has 2 saturated carbocycles. The molecule has 20 heavy (non-hydrogen) atoms. The molecule has 0 heterocycles. The van der Waals surface area contributed by atoms with Gasteiger partial charge in [0.05, 0.1) is 0 Å². The summed E-state index contributed by atoms with van der Waals surface area (Å²) >= 11 is 0. The van der Waals surface area contributed by atoms with Crippen LogP contribution in [-0.4, -0.2) is 17.4 Å². The molecule has 3 aliphatic carbocycles. The van der Waals surface area contributed by atoms with Crippen LogP contribution in [0.15, 0.2) is 12.2 Å². The molecule has 3 aliphatic rings. The monoisotopic (exact) mass is 276 g/mol. The summed E-state index contributed by atoms with van der Waals surface area (Å²) in [5.74, 6) is 0.463. The van der Waals surface area contributed by atoms with Gasteiger partial charge in [0, 0.05) is 18.3 Å². The van der Waals surface area contributed by atoms with Gasteiger partial charge in [-0.25, -0.2) is 0 Å². The topological polar surface area (TPSA) is 43.4 Å². The number of hydrogen-bond donors (Lipinski definition) is 0. The third kappa shape index (κ3) is 2.43. The summed E-state index contributed by atoms with van der Waals surface area (Å²) < 4.78 is 5.86. The van der Waals surface area contributed by atoms with Crippen molar-refractivity contribution in [3.63, 3.8) is 0 Å². The summed E-state index contributed by atoms with van der Waals surface area (Å²) in [5.41, 5.74) is -0.215. The Labute approximate surface area is 120 Å². The summed E-state index contributed by atoms with van der Waals surface area (Å²) in [7, 11) is 0. The third-order valence-corrected chi connectivity index (χ3v) is 5.48. The molecule has 3 unspecified atom stereocenters. The van der Waals surface area contributed by atoms with Gasteiger partial charge in [-0.3, -0.25) is 9.59 Å². The van der Waals surface area contributed by atoms with Crippen LogP contribution in [0.5, 0.6) is 0 Å². The molecule has 3 rings (SSSR count). The minimum atomic E-state index is -0.215. The number of carbonyl (C=O) groups excluding carboxylic acids is 2. The number of carbonyl (C=O) groups is 2. The van der Waals surface area contributed by atoms with Gasteiger partial charge in [0.2, 0.25) is 0 Å². The maximum atomic E-state index is 12.3. The molecule has 2 fully saturated rings. The Morgan fingerprint density at radius 1 is 1.30 bits per heavy atom. The highest BCUT2D eigenvalue weighted by molar-refractivity contribution is 5.92. The lowest BCUT2D eigenvalue weighted by atomic mass is 9.82. The molecular formula is C17H24O3. The van der Waals surface area contributed by atoms with Crippen molar-refractivity contribution in [2.45, 2.75) is 63.9 Å².